The highest BCUT2D eigenvalue weighted by Crippen LogP contribution is 2.39. The van der Waals surface area contributed by atoms with Gasteiger partial charge in [-0.15, -0.1) is 0 Å². The minimum atomic E-state index is -0.129. The Balaban J connectivity index is 1.16. The summed E-state index contributed by atoms with van der Waals surface area (Å²) in [4.78, 5) is 37.9. The molecule has 3 aliphatic rings. The van der Waals surface area contributed by atoms with Crippen LogP contribution in [0.2, 0.25) is 0 Å². The predicted molar refractivity (Wildman–Crippen MR) is 173 cm³/mol. The van der Waals surface area contributed by atoms with Gasteiger partial charge in [-0.05, 0) is 120 Å². The van der Waals surface area contributed by atoms with E-state index in [1.807, 2.05) is 43.3 Å². The molecule has 3 saturated carbocycles. The van der Waals surface area contributed by atoms with Gasteiger partial charge < -0.3 is 9.47 Å². The Morgan fingerprint density at radius 2 is 1.71 bits per heavy atom. The molecule has 0 spiro atoms. The van der Waals surface area contributed by atoms with Gasteiger partial charge in [0.1, 0.15) is 11.6 Å². The normalized spacial score (nSPS) is 23.4. The third-order valence-corrected chi connectivity index (χ3v) is 10.1. The molecule has 0 radical (unpaired) electrons. The summed E-state index contributed by atoms with van der Waals surface area (Å²) in [6, 6.07) is 8.72. The van der Waals surface area contributed by atoms with Crippen molar-refractivity contribution in [2.24, 2.45) is 17.8 Å². The highest BCUT2D eigenvalue weighted by molar-refractivity contribution is 5.94. The van der Waals surface area contributed by atoms with Crippen LogP contribution in [0.1, 0.15) is 101 Å². The molecule has 3 aromatic heterocycles. The van der Waals surface area contributed by atoms with Crippen molar-refractivity contribution >= 4 is 17.7 Å². The van der Waals surface area contributed by atoms with Crippen molar-refractivity contribution in [2.75, 3.05) is 25.2 Å². The molecule has 9 heteroatoms. The minimum absolute atomic E-state index is 0.0608. The molecule has 0 bridgehead atoms. The van der Waals surface area contributed by atoms with Crippen LogP contribution < -0.4 is 9.64 Å². The number of ether oxygens (including phenoxy) is 2. The lowest BCUT2D eigenvalue weighted by atomic mass is 9.78. The fourth-order valence-electron chi connectivity index (χ4n) is 7.27. The van der Waals surface area contributed by atoms with E-state index in [9.17, 15) is 9.59 Å². The molecule has 0 atom stereocenters. The van der Waals surface area contributed by atoms with Crippen LogP contribution in [-0.2, 0) is 14.3 Å². The molecule has 240 valence electrons. The topological polar surface area (TPSA) is 99.4 Å². The number of pyridine rings is 2. The summed E-state index contributed by atoms with van der Waals surface area (Å²) in [7, 11) is 1.68. The second-order valence-electron chi connectivity index (χ2n) is 13.3. The van der Waals surface area contributed by atoms with Gasteiger partial charge in [0, 0.05) is 48.5 Å². The lowest BCUT2D eigenvalue weighted by Crippen LogP contribution is -2.42. The van der Waals surface area contributed by atoms with Crippen molar-refractivity contribution in [1.82, 2.24) is 19.7 Å². The number of amides is 1. The summed E-state index contributed by atoms with van der Waals surface area (Å²) in [5.41, 5.74) is 4.16. The van der Waals surface area contributed by atoms with Crippen LogP contribution in [0.3, 0.4) is 0 Å². The number of anilines is 1. The Morgan fingerprint density at radius 1 is 0.956 bits per heavy atom. The lowest BCUT2D eigenvalue weighted by molar-refractivity contribution is -0.144. The largest absolute Gasteiger partial charge is 0.495 e. The maximum absolute atomic E-state index is 14.3. The van der Waals surface area contributed by atoms with Gasteiger partial charge in [-0.2, -0.15) is 5.10 Å². The van der Waals surface area contributed by atoms with E-state index >= 15 is 0 Å². The number of aromatic nitrogens is 4. The average Bonchev–Trinajstić information content (AvgIpc) is 3.80. The lowest BCUT2D eigenvalue weighted by Gasteiger charge is -2.35. The summed E-state index contributed by atoms with van der Waals surface area (Å²) in [6.45, 7) is 4.92. The van der Waals surface area contributed by atoms with Crippen LogP contribution in [0, 0.1) is 24.7 Å². The number of methoxy groups -OCH3 is 1. The summed E-state index contributed by atoms with van der Waals surface area (Å²) >= 11 is 0. The van der Waals surface area contributed by atoms with Gasteiger partial charge in [-0.25, -0.2) is 4.98 Å². The standard InChI is InChI=1S/C36H47N5O4/c1-4-45-35(42)19-25-5-11-28(12-6-25)36(43)40(34-20-29(17-18-37-34)30-21-38-41(23-30)31-13-14-31)22-26-7-9-27(10-8-26)32-15-16-33(44-3)24(2)39-32/h15-18,20-21,23,25-28,31H,4-14,19,22H2,1-3H3/t25-,26-,27-,28-. The second kappa shape index (κ2) is 14.1. The SMILES string of the molecule is CCOC(=O)C[C@H]1CC[C@H](C(=O)N(C[C@H]2CC[C@H](c3ccc(OC)c(C)n3)CC2)c2cc(-c3cnn(C4CC4)c3)ccn2)CC1. The number of rotatable bonds is 11. The number of carbonyl (C=O) groups excluding carboxylic acids is 2. The number of aryl methyl sites for hydroxylation is 1. The highest BCUT2D eigenvalue weighted by Gasteiger charge is 2.34. The van der Waals surface area contributed by atoms with E-state index in [0.29, 0.717) is 37.5 Å². The molecule has 0 aromatic carbocycles. The Labute approximate surface area is 266 Å². The molecule has 3 heterocycles. The predicted octanol–water partition coefficient (Wildman–Crippen LogP) is 7.06. The highest BCUT2D eigenvalue weighted by atomic mass is 16.5. The maximum Gasteiger partial charge on any atom is 0.306 e. The monoisotopic (exact) mass is 613 g/mol. The van der Waals surface area contributed by atoms with E-state index in [-0.39, 0.29) is 23.7 Å². The molecule has 1 amide bonds. The van der Waals surface area contributed by atoms with Crippen molar-refractivity contribution in [3.63, 3.8) is 0 Å². The van der Waals surface area contributed by atoms with Crippen LogP contribution in [0.5, 0.6) is 5.75 Å². The molecule has 45 heavy (non-hydrogen) atoms. The number of esters is 1. The molecule has 3 aromatic rings. The van der Waals surface area contributed by atoms with Gasteiger partial charge in [0.05, 0.1) is 31.6 Å². The zero-order chi connectivity index (χ0) is 31.3. The summed E-state index contributed by atoms with van der Waals surface area (Å²) < 4.78 is 12.7. The van der Waals surface area contributed by atoms with Crippen molar-refractivity contribution in [3.8, 4) is 16.9 Å². The smallest absolute Gasteiger partial charge is 0.306 e. The number of hydrogen-bond donors (Lipinski definition) is 0. The number of hydrogen-bond acceptors (Lipinski definition) is 7. The van der Waals surface area contributed by atoms with Gasteiger partial charge in [0.25, 0.3) is 0 Å². The van der Waals surface area contributed by atoms with Gasteiger partial charge in [0.2, 0.25) is 5.91 Å². The molecule has 0 aliphatic heterocycles. The molecule has 0 N–H and O–H groups in total. The van der Waals surface area contributed by atoms with Crippen LogP contribution in [0.4, 0.5) is 5.82 Å². The van der Waals surface area contributed by atoms with Crippen LogP contribution in [-0.4, -0.2) is 51.9 Å². The second-order valence-corrected chi connectivity index (χ2v) is 13.3. The molecular formula is C36H47N5O4. The first kappa shape index (κ1) is 31.2. The third-order valence-electron chi connectivity index (χ3n) is 10.1. The van der Waals surface area contributed by atoms with E-state index < -0.39 is 0 Å². The van der Waals surface area contributed by atoms with Gasteiger partial charge in [0.15, 0.2) is 0 Å². The maximum atomic E-state index is 14.3. The van der Waals surface area contributed by atoms with Crippen molar-refractivity contribution < 1.29 is 19.1 Å². The molecule has 0 unspecified atom stereocenters. The van der Waals surface area contributed by atoms with Crippen LogP contribution in [0.25, 0.3) is 11.1 Å². The zero-order valence-corrected chi connectivity index (χ0v) is 27.0. The average molecular weight is 614 g/mol. The fraction of sp³-hybridized carbons (Fsp3) is 0.583. The Hall–Kier alpha value is -3.75. The van der Waals surface area contributed by atoms with Gasteiger partial charge in [-0.3, -0.25) is 24.2 Å². The Morgan fingerprint density at radius 3 is 2.40 bits per heavy atom. The van der Waals surface area contributed by atoms with E-state index in [2.05, 4.69) is 28.1 Å². The fourth-order valence-corrected chi connectivity index (χ4v) is 7.27. The Kier molecular flexibility index (Phi) is 9.81. The van der Waals surface area contributed by atoms with E-state index in [0.717, 1.165) is 85.4 Å². The van der Waals surface area contributed by atoms with Gasteiger partial charge in [-0.1, -0.05) is 0 Å². The van der Waals surface area contributed by atoms with E-state index in [4.69, 9.17) is 19.4 Å². The molecule has 6 rings (SSSR count). The van der Waals surface area contributed by atoms with Crippen LogP contribution >= 0.6 is 0 Å². The molecule has 3 aliphatic carbocycles. The molecule has 3 fully saturated rings. The van der Waals surface area contributed by atoms with Crippen molar-refractivity contribution in [1.29, 1.82) is 0 Å². The van der Waals surface area contributed by atoms with Crippen LogP contribution in [0.15, 0.2) is 42.9 Å². The van der Waals surface area contributed by atoms with Crippen molar-refractivity contribution in [3.05, 3.63) is 54.2 Å². The molecule has 0 saturated heterocycles. The quantitative estimate of drug-likeness (QED) is 0.214. The first-order chi connectivity index (χ1) is 21.9. The first-order valence-electron chi connectivity index (χ1n) is 16.9. The van der Waals surface area contributed by atoms with E-state index in [1.165, 1.54) is 12.8 Å². The van der Waals surface area contributed by atoms with Crippen molar-refractivity contribution in [2.45, 2.75) is 96.4 Å². The minimum Gasteiger partial charge on any atom is -0.495 e. The molecule has 9 nitrogen and oxygen atoms in total. The van der Waals surface area contributed by atoms with Gasteiger partial charge >= 0.3 is 5.97 Å². The summed E-state index contributed by atoms with van der Waals surface area (Å²) in [6.07, 6.45) is 16.2. The number of nitrogens with zero attached hydrogens (tertiary/aromatic N) is 5. The Bertz CT molecular complexity index is 1470. The van der Waals surface area contributed by atoms with E-state index in [1.54, 1.807) is 7.11 Å². The number of carbonyl (C=O) groups is 2. The first-order valence-corrected chi connectivity index (χ1v) is 16.9. The zero-order valence-electron chi connectivity index (χ0n) is 27.0. The molecular weight excluding hydrogens is 566 g/mol. The summed E-state index contributed by atoms with van der Waals surface area (Å²) in [5.74, 6) is 2.63. The third kappa shape index (κ3) is 7.56. The summed E-state index contributed by atoms with van der Waals surface area (Å²) in [5, 5.41) is 4.59.